The lowest BCUT2D eigenvalue weighted by Crippen LogP contribution is -2.30. The highest BCUT2D eigenvalue weighted by molar-refractivity contribution is 7.88. The quantitative estimate of drug-likeness (QED) is 0.0116. The number of aliphatic hydroxyl groups is 6. The van der Waals surface area contributed by atoms with Gasteiger partial charge in [0.1, 0.15) is 43.7 Å². The summed E-state index contributed by atoms with van der Waals surface area (Å²) in [6.45, 7) is 6.01. The van der Waals surface area contributed by atoms with Crippen molar-refractivity contribution in [3.05, 3.63) is 24.3 Å². The number of carbonyl (C=O) groups excluding carboxylic acids is 2. The van der Waals surface area contributed by atoms with Crippen LogP contribution >= 0.6 is 39.3 Å². The van der Waals surface area contributed by atoms with Gasteiger partial charge in [0, 0.05) is 12.8 Å². The Morgan fingerprint density at radius 1 is 0.291 bits per heavy atom. The average Bonchev–Trinajstić information content (AvgIpc) is 0.925. The minimum absolute atomic E-state index is 0.282. The number of phosphoric ester groups is 4. The van der Waals surface area contributed by atoms with Gasteiger partial charge < -0.3 is 79.3 Å². The normalized spacial score (nSPS) is 13.6. The second-order valence-electron chi connectivity index (χ2n) is 28.8. The number of aliphatic hydroxyl groups excluding tert-OH is 6. The van der Waals surface area contributed by atoms with E-state index >= 15 is 0 Å². The van der Waals surface area contributed by atoms with Crippen LogP contribution in [0.25, 0.3) is 0 Å². The van der Waals surface area contributed by atoms with Gasteiger partial charge in [0.25, 0.3) is 0 Å². The van der Waals surface area contributed by atoms with Crippen molar-refractivity contribution in [3.63, 3.8) is 0 Å². The minimum atomic E-state index is -4.62. The topological polar surface area (TPSA) is 441 Å². The van der Waals surface area contributed by atoms with Crippen LogP contribution in [-0.2, 0) is 67.2 Å². The average molecular weight is 1700 g/mol. The first-order chi connectivity index (χ1) is 52.4. The first-order valence-corrected chi connectivity index (χ1v) is 49.9. The van der Waals surface area contributed by atoms with E-state index in [1.165, 1.54) is 256 Å². The predicted octanol–water partition coefficient (Wildman–Crippen LogP) is 19.3. The van der Waals surface area contributed by atoms with Gasteiger partial charge in [-0.15, -0.1) is 0 Å². The molecule has 0 rings (SSSR count). The van der Waals surface area contributed by atoms with Gasteiger partial charge in [-0.3, -0.25) is 27.7 Å². The van der Waals surface area contributed by atoms with Crippen LogP contribution in [0.2, 0.25) is 0 Å². The molecule has 26 nitrogen and oxygen atoms in total. The lowest BCUT2D eigenvalue weighted by Gasteiger charge is -2.17. The molecule has 0 aromatic carbocycles. The summed E-state index contributed by atoms with van der Waals surface area (Å²) in [6.07, 6.45) is 66.9. The largest absolute Gasteiger partial charge is 0.469 e. The van der Waals surface area contributed by atoms with E-state index in [0.29, 0.717) is 12.8 Å². The molecule has 0 saturated carbocycles. The van der Waals surface area contributed by atoms with Crippen LogP contribution in [-0.4, -0.2) is 158 Å². The third-order valence-electron chi connectivity index (χ3n) is 17.9. The molecule has 0 aromatic rings. The molecule has 0 bridgehead atoms. The van der Waals surface area contributed by atoms with Crippen molar-refractivity contribution < 1.29 is 125 Å². The Kier molecular flexibility index (Phi) is 93.6. The van der Waals surface area contributed by atoms with Crippen molar-refractivity contribution in [1.82, 2.24) is 0 Å². The molecular weight excluding hydrogens is 1540 g/mol. The molecule has 0 aliphatic heterocycles. The Morgan fingerprint density at radius 2 is 0.509 bits per heavy atom. The highest BCUT2D eigenvalue weighted by Gasteiger charge is 2.24. The van der Waals surface area contributed by atoms with Crippen molar-refractivity contribution in [2.24, 2.45) is 0 Å². The molecule has 0 saturated heterocycles. The van der Waals surface area contributed by atoms with E-state index in [4.69, 9.17) is 48.6 Å². The fraction of sp³-hybridized carbons (Fsp3) is 0.923. The fourth-order valence-electron chi connectivity index (χ4n) is 11.4. The molecule has 0 aliphatic rings. The van der Waals surface area contributed by atoms with E-state index in [2.05, 4.69) is 77.8 Å². The fourth-order valence-corrected chi connectivity index (χ4v) is 12.8. The van der Waals surface area contributed by atoms with E-state index in [1.807, 2.05) is 0 Å². The molecule has 110 heavy (non-hydrogen) atoms. The van der Waals surface area contributed by atoms with Gasteiger partial charge in [-0.05, 0) is 65.8 Å². The summed E-state index contributed by atoms with van der Waals surface area (Å²) >= 11 is 3.89. The number of ether oxygens (including phenoxy) is 2. The number of hydrogen-bond donors (Lipinski definition) is 14. The number of phosphoric acid groups is 4. The zero-order chi connectivity index (χ0) is 83.5. The van der Waals surface area contributed by atoms with Crippen molar-refractivity contribution in [1.29, 1.82) is 0 Å². The second kappa shape index (κ2) is 87.5. The van der Waals surface area contributed by atoms with Gasteiger partial charge in [-0.1, -0.05) is 353 Å². The van der Waals surface area contributed by atoms with Crippen molar-refractivity contribution in [2.75, 3.05) is 39.6 Å². The molecule has 0 fully saturated rings. The minimum Gasteiger partial charge on any atom is -0.463 e. The van der Waals surface area contributed by atoms with Gasteiger partial charge in [-0.2, -0.15) is 0 Å². The summed E-state index contributed by atoms with van der Waals surface area (Å²) in [5.41, 5.74) is 0. The number of rotatable bonds is 76. The predicted molar refractivity (Wildman–Crippen MR) is 445 cm³/mol. The Morgan fingerprint density at radius 3 is 0.773 bits per heavy atom. The van der Waals surface area contributed by atoms with Crippen LogP contribution in [0, 0.1) is 0 Å². The molecular formula is C78H161O26P5S. The van der Waals surface area contributed by atoms with Crippen molar-refractivity contribution >= 4 is 63.1 Å². The number of hydrogen-bond acceptors (Lipinski definition) is 19. The zero-order valence-corrected chi connectivity index (χ0v) is 73.9. The molecule has 0 amide bonds. The van der Waals surface area contributed by atoms with Gasteiger partial charge in [-0.25, -0.2) is 18.3 Å². The Balaban J connectivity index is -0.000000443. The third-order valence-corrected chi connectivity index (χ3v) is 19.9. The van der Waals surface area contributed by atoms with E-state index < -0.39 is 106 Å². The first kappa shape index (κ1) is 118. The molecule has 0 heterocycles. The second-order valence-corrected chi connectivity index (χ2v) is 33.8. The smallest absolute Gasteiger partial charge is 0.463 e. The SMILES string of the molecule is CCCCCCCC/C=C\CCCCCCCC(=O)OC[C@@H](O)COP(=O)(O)O.CCCCCCCCCCCCC/C=C\[C@@H](O)[C@@H](O)COP(=O)(O)O.CCCCCCCCCCCCCCCCCC(=O)OC[C@@H](O)COP(=O)(O)O.CCCCCCCCCCCCCCC[C@@H](O)[C@@H](O)COP(=O)(O)O.P=S. The van der Waals surface area contributed by atoms with Crippen LogP contribution in [0.3, 0.4) is 0 Å². The molecule has 32 heteroatoms. The van der Waals surface area contributed by atoms with Crippen LogP contribution in [0.5, 0.6) is 0 Å². The summed E-state index contributed by atoms with van der Waals surface area (Å²) in [5, 5.41) is 57.2. The lowest BCUT2D eigenvalue weighted by molar-refractivity contribution is -0.148. The molecule has 660 valence electrons. The summed E-state index contributed by atoms with van der Waals surface area (Å²) in [5.74, 6) is -0.826. The number of unbranched alkanes of at least 4 members (excludes halogenated alkanes) is 48. The third kappa shape index (κ3) is 109. The number of allylic oxidation sites excluding steroid dienone is 3. The zero-order valence-electron chi connectivity index (χ0n) is 68.5. The van der Waals surface area contributed by atoms with Crippen LogP contribution in [0.4, 0.5) is 0 Å². The van der Waals surface area contributed by atoms with Crippen LogP contribution < -0.4 is 0 Å². The molecule has 0 aliphatic carbocycles. The van der Waals surface area contributed by atoms with Crippen molar-refractivity contribution in [2.45, 2.75) is 424 Å². The Labute approximate surface area is 672 Å². The summed E-state index contributed by atoms with van der Waals surface area (Å²) in [7, 11) is -15.9. The highest BCUT2D eigenvalue weighted by Crippen LogP contribution is 2.38. The lowest BCUT2D eigenvalue weighted by atomic mass is 10.0. The maximum Gasteiger partial charge on any atom is 0.469 e. The van der Waals surface area contributed by atoms with Crippen LogP contribution in [0.1, 0.15) is 387 Å². The highest BCUT2D eigenvalue weighted by atomic mass is 32.4. The van der Waals surface area contributed by atoms with Crippen LogP contribution in [0.15, 0.2) is 24.3 Å². The van der Waals surface area contributed by atoms with Gasteiger partial charge in [0.2, 0.25) is 0 Å². The van der Waals surface area contributed by atoms with E-state index in [9.17, 15) is 58.5 Å². The first-order valence-electron chi connectivity index (χ1n) is 42.1. The Hall–Kier alpha value is -0.860. The summed E-state index contributed by atoms with van der Waals surface area (Å²) in [4.78, 5) is 91.3. The van der Waals surface area contributed by atoms with Gasteiger partial charge >= 0.3 is 43.2 Å². The summed E-state index contributed by atoms with van der Waals surface area (Å²) < 4.78 is 68.4. The monoisotopic (exact) mass is 1700 g/mol. The molecule has 14 N–H and O–H groups in total. The molecule has 6 atom stereocenters. The number of esters is 2. The van der Waals surface area contributed by atoms with Gasteiger partial charge in [0.15, 0.2) is 0 Å². The maximum absolute atomic E-state index is 11.6. The standard InChI is InChI=1S/C21H43O7P.C21H41O7P.C18H39O6P.C18H37O6P.HPS/c2*1-2-3-4-5-6-7-8-9-10-11-12-13-14-15-16-17-21(23)27-18-20(22)19-28-29(24,25)26;2*1-2-3-4-5-6-7-8-9-10-11-12-13-14-15-17(19)18(20)16-24-25(21,22)23;1-2/h20,22H,2-19H2,1H3,(H2,24,25,26);9-10,20,22H,2-8,11-19H2,1H3,(H2,24,25,26);17-20H,2-16H2,1H3,(H2,21,22,23);14-15,17-20H,2-13,16H2,1H3,(H2,21,22,23);1H/b;10-9-;;15-14-;/t2*20-;2*17-,18+;/m1111./s1. The van der Waals surface area contributed by atoms with E-state index in [0.717, 1.165) is 89.9 Å². The van der Waals surface area contributed by atoms with E-state index in [1.54, 1.807) is 6.08 Å². The molecule has 0 aromatic heterocycles. The number of carbonyl (C=O) groups is 2. The molecule has 0 unspecified atom stereocenters. The maximum atomic E-state index is 11.6. The van der Waals surface area contributed by atoms with Gasteiger partial charge in [0.05, 0.1) is 32.5 Å². The molecule has 0 spiro atoms. The summed E-state index contributed by atoms with van der Waals surface area (Å²) in [6, 6.07) is 0. The Bertz CT molecular complexity index is 2210. The van der Waals surface area contributed by atoms with E-state index in [-0.39, 0.29) is 19.6 Å². The van der Waals surface area contributed by atoms with Crippen molar-refractivity contribution in [3.8, 4) is 0 Å². The molecule has 0 radical (unpaired) electrons.